The molecule has 0 radical (unpaired) electrons. The summed E-state index contributed by atoms with van der Waals surface area (Å²) in [6.45, 7) is 0.385. The van der Waals surface area contributed by atoms with Gasteiger partial charge in [-0.2, -0.15) is 0 Å². The fourth-order valence-electron chi connectivity index (χ4n) is 1.04. The van der Waals surface area contributed by atoms with Gasteiger partial charge in [0, 0.05) is 0 Å². The van der Waals surface area contributed by atoms with Crippen molar-refractivity contribution in [2.75, 3.05) is 6.54 Å². The fraction of sp³-hybridized carbons (Fsp3) is 0.333. The van der Waals surface area contributed by atoms with Crippen LogP contribution in [0.4, 0.5) is 4.39 Å². The zero-order valence-electron chi connectivity index (χ0n) is 7.00. The maximum Gasteiger partial charge on any atom is 0.141 e. The van der Waals surface area contributed by atoms with Gasteiger partial charge in [-0.05, 0) is 30.7 Å². The molecule has 2 nitrogen and oxygen atoms in total. The molecule has 4 heteroatoms. The lowest BCUT2D eigenvalue weighted by Crippen LogP contribution is -2.06. The van der Waals surface area contributed by atoms with Gasteiger partial charge in [-0.25, -0.2) is 4.39 Å². The molecule has 0 saturated heterocycles. The molecule has 0 bridgehead atoms. The van der Waals surface area contributed by atoms with Crippen LogP contribution in [0.15, 0.2) is 18.2 Å². The Labute approximate surface area is 81.1 Å². The van der Waals surface area contributed by atoms with Crippen molar-refractivity contribution in [2.24, 2.45) is 5.73 Å². The quantitative estimate of drug-likeness (QED) is 0.788. The summed E-state index contributed by atoms with van der Waals surface area (Å²) in [5.41, 5.74) is 5.86. The van der Waals surface area contributed by atoms with Gasteiger partial charge >= 0.3 is 0 Å². The Hall–Kier alpha value is -0.640. The van der Waals surface area contributed by atoms with Gasteiger partial charge in [-0.15, -0.1) is 0 Å². The summed E-state index contributed by atoms with van der Waals surface area (Å²) in [6.07, 6.45) is -0.217. The van der Waals surface area contributed by atoms with Crippen LogP contribution in [0.1, 0.15) is 18.1 Å². The van der Waals surface area contributed by atoms with E-state index in [1.54, 1.807) is 0 Å². The van der Waals surface area contributed by atoms with Crippen LogP contribution < -0.4 is 5.73 Å². The molecule has 3 N–H and O–H groups in total. The molecule has 1 atom stereocenters. The highest BCUT2D eigenvalue weighted by atomic mass is 35.5. The zero-order valence-corrected chi connectivity index (χ0v) is 7.76. The number of nitrogens with two attached hydrogens (primary N) is 1. The molecule has 13 heavy (non-hydrogen) atoms. The molecule has 0 aromatic heterocycles. The first-order valence-corrected chi connectivity index (χ1v) is 4.36. The minimum absolute atomic E-state index is 0.0218. The Morgan fingerprint density at radius 1 is 1.54 bits per heavy atom. The second-order valence-corrected chi connectivity index (χ2v) is 3.17. The largest absolute Gasteiger partial charge is 0.388 e. The average molecular weight is 204 g/mol. The first-order valence-electron chi connectivity index (χ1n) is 3.98. The Bertz CT molecular complexity index is 293. The molecule has 0 aliphatic rings. The maximum atomic E-state index is 12.7. The van der Waals surface area contributed by atoms with Gasteiger partial charge < -0.3 is 10.8 Å². The minimum atomic E-state index is -0.664. The number of halogens is 2. The molecule has 0 amide bonds. The molecule has 0 spiro atoms. The molecule has 1 aromatic carbocycles. The zero-order chi connectivity index (χ0) is 9.84. The van der Waals surface area contributed by atoms with Crippen molar-refractivity contribution in [3.8, 4) is 0 Å². The third-order valence-electron chi connectivity index (χ3n) is 1.77. The highest BCUT2D eigenvalue weighted by molar-refractivity contribution is 6.30. The molecule has 1 aromatic rings. The van der Waals surface area contributed by atoms with E-state index >= 15 is 0 Å². The van der Waals surface area contributed by atoms with E-state index in [9.17, 15) is 9.50 Å². The molecule has 1 rings (SSSR count). The van der Waals surface area contributed by atoms with Crippen LogP contribution in [-0.4, -0.2) is 11.7 Å². The Kier molecular flexibility index (Phi) is 3.66. The van der Waals surface area contributed by atoms with Crippen molar-refractivity contribution < 1.29 is 9.50 Å². The first kappa shape index (κ1) is 10.4. The smallest absolute Gasteiger partial charge is 0.141 e. The first-order chi connectivity index (χ1) is 6.15. The summed E-state index contributed by atoms with van der Waals surface area (Å²) in [6, 6.07) is 4.15. The van der Waals surface area contributed by atoms with E-state index in [2.05, 4.69) is 0 Å². The van der Waals surface area contributed by atoms with Crippen LogP contribution in [0.5, 0.6) is 0 Å². The second kappa shape index (κ2) is 4.56. The van der Waals surface area contributed by atoms with Crippen LogP contribution >= 0.6 is 11.6 Å². The number of hydrogen-bond acceptors (Lipinski definition) is 2. The van der Waals surface area contributed by atoms with Gasteiger partial charge in [0.2, 0.25) is 0 Å². The summed E-state index contributed by atoms with van der Waals surface area (Å²) in [7, 11) is 0. The Morgan fingerprint density at radius 3 is 2.77 bits per heavy atom. The van der Waals surface area contributed by atoms with Crippen LogP contribution in [-0.2, 0) is 0 Å². The van der Waals surface area contributed by atoms with Gasteiger partial charge in [0.05, 0.1) is 11.1 Å². The molecule has 0 aliphatic carbocycles. The predicted octanol–water partition coefficient (Wildman–Crippen LogP) is 1.86. The van der Waals surface area contributed by atoms with Gasteiger partial charge in [-0.1, -0.05) is 17.7 Å². The van der Waals surface area contributed by atoms with Crippen LogP contribution in [0.3, 0.4) is 0 Å². The van der Waals surface area contributed by atoms with Crippen molar-refractivity contribution in [1.82, 2.24) is 0 Å². The Balaban J connectivity index is 2.84. The van der Waals surface area contributed by atoms with Crippen LogP contribution in [0, 0.1) is 5.82 Å². The highest BCUT2D eigenvalue weighted by Crippen LogP contribution is 2.22. The molecular formula is C9H11ClFNO. The lowest BCUT2D eigenvalue weighted by Gasteiger charge is -2.09. The number of rotatable bonds is 3. The van der Waals surface area contributed by atoms with Gasteiger partial charge in [-0.3, -0.25) is 0 Å². The van der Waals surface area contributed by atoms with Gasteiger partial charge in [0.25, 0.3) is 0 Å². The fourth-order valence-corrected chi connectivity index (χ4v) is 1.23. The SMILES string of the molecule is NCCC(O)c1ccc(F)c(Cl)c1. The average Bonchev–Trinajstić information content (AvgIpc) is 2.10. The topological polar surface area (TPSA) is 46.2 Å². The van der Waals surface area contributed by atoms with Crippen LogP contribution in [0.2, 0.25) is 5.02 Å². The van der Waals surface area contributed by atoms with Crippen LogP contribution in [0.25, 0.3) is 0 Å². The third-order valence-corrected chi connectivity index (χ3v) is 2.06. The van der Waals surface area contributed by atoms with Crippen molar-refractivity contribution in [3.63, 3.8) is 0 Å². The molecule has 1 unspecified atom stereocenters. The summed E-state index contributed by atoms with van der Waals surface area (Å²) in [4.78, 5) is 0. The molecule has 0 saturated carbocycles. The van der Waals surface area contributed by atoms with E-state index in [0.29, 0.717) is 18.5 Å². The lowest BCUT2D eigenvalue weighted by atomic mass is 10.1. The number of benzene rings is 1. The molecule has 0 fully saturated rings. The van der Waals surface area contributed by atoms with Crippen molar-refractivity contribution in [3.05, 3.63) is 34.6 Å². The summed E-state index contributed by atoms with van der Waals surface area (Å²) < 4.78 is 12.7. The van der Waals surface area contributed by atoms with E-state index in [1.165, 1.54) is 18.2 Å². The van der Waals surface area contributed by atoms with Gasteiger partial charge in [0.1, 0.15) is 5.82 Å². The second-order valence-electron chi connectivity index (χ2n) is 2.77. The molecular weight excluding hydrogens is 193 g/mol. The van der Waals surface area contributed by atoms with E-state index in [4.69, 9.17) is 17.3 Å². The van der Waals surface area contributed by atoms with E-state index in [-0.39, 0.29) is 5.02 Å². The Morgan fingerprint density at radius 2 is 2.23 bits per heavy atom. The molecule has 72 valence electrons. The third kappa shape index (κ3) is 2.66. The normalized spacial score (nSPS) is 12.9. The molecule has 0 heterocycles. The van der Waals surface area contributed by atoms with Crippen molar-refractivity contribution in [1.29, 1.82) is 0 Å². The van der Waals surface area contributed by atoms with E-state index < -0.39 is 11.9 Å². The number of aliphatic hydroxyl groups excluding tert-OH is 1. The van der Waals surface area contributed by atoms with E-state index in [0.717, 1.165) is 0 Å². The van der Waals surface area contributed by atoms with E-state index in [1.807, 2.05) is 0 Å². The van der Waals surface area contributed by atoms with Gasteiger partial charge in [0.15, 0.2) is 0 Å². The van der Waals surface area contributed by atoms with Crippen molar-refractivity contribution >= 4 is 11.6 Å². The summed E-state index contributed by atoms with van der Waals surface area (Å²) >= 11 is 5.54. The van der Waals surface area contributed by atoms with Crippen molar-refractivity contribution in [2.45, 2.75) is 12.5 Å². The number of aliphatic hydroxyl groups is 1. The maximum absolute atomic E-state index is 12.7. The predicted molar refractivity (Wildman–Crippen MR) is 50.0 cm³/mol. The lowest BCUT2D eigenvalue weighted by molar-refractivity contribution is 0.170. The summed E-state index contributed by atoms with van der Waals surface area (Å²) in [5.74, 6) is -0.481. The number of hydrogen-bond donors (Lipinski definition) is 2. The monoisotopic (exact) mass is 203 g/mol. The minimum Gasteiger partial charge on any atom is -0.388 e. The molecule has 0 aliphatic heterocycles. The highest BCUT2D eigenvalue weighted by Gasteiger charge is 2.08. The summed E-state index contributed by atoms with van der Waals surface area (Å²) in [5, 5.41) is 9.50. The standard InChI is InChI=1S/C9H11ClFNO/c10-7-5-6(1-2-8(7)11)9(13)3-4-12/h1-2,5,9,13H,3-4,12H2.